The summed E-state index contributed by atoms with van der Waals surface area (Å²) >= 11 is 0. The van der Waals surface area contributed by atoms with E-state index in [4.69, 9.17) is 11.5 Å². The lowest BCUT2D eigenvalue weighted by atomic mass is 10.0. The number of fused-ring (bicyclic) bond motifs is 1. The van der Waals surface area contributed by atoms with Crippen molar-refractivity contribution in [2.75, 3.05) is 20.1 Å². The van der Waals surface area contributed by atoms with Gasteiger partial charge in [-0.25, -0.2) is 0 Å². The maximum Gasteiger partial charge on any atom is 0.245 e. The number of amides is 5. The lowest BCUT2D eigenvalue weighted by Crippen LogP contribution is -2.57. The van der Waals surface area contributed by atoms with Crippen molar-refractivity contribution in [1.82, 2.24) is 26.2 Å². The first kappa shape index (κ1) is 35.2. The fourth-order valence-electron chi connectivity index (χ4n) is 5.36. The Kier molecular flexibility index (Phi) is 11.9. The van der Waals surface area contributed by atoms with Gasteiger partial charge in [-0.05, 0) is 53.8 Å². The molecule has 3 aromatic rings. The number of likely N-dealkylation sites (N-methyl/N-ethyl adjacent to an activating group) is 1. The predicted molar refractivity (Wildman–Crippen MR) is 180 cm³/mol. The Labute approximate surface area is 278 Å². The molecular weight excluding hydrogens is 616 g/mol. The lowest BCUT2D eigenvalue weighted by Gasteiger charge is -2.30. The maximum atomic E-state index is 13.7. The van der Waals surface area contributed by atoms with Crippen molar-refractivity contribution in [3.05, 3.63) is 77.9 Å². The summed E-state index contributed by atoms with van der Waals surface area (Å²) in [5.41, 5.74) is 12.3. The highest BCUT2D eigenvalue weighted by Gasteiger charge is 2.33. The van der Waals surface area contributed by atoms with E-state index in [0.29, 0.717) is 12.0 Å². The number of carbonyl (C=O) groups is 5. The van der Waals surface area contributed by atoms with Crippen LogP contribution in [-0.2, 0) is 36.8 Å². The number of phenolic OH excluding ortho intramolecular Hbond substituents is 1. The van der Waals surface area contributed by atoms with Gasteiger partial charge in [-0.3, -0.25) is 29.0 Å². The van der Waals surface area contributed by atoms with E-state index in [1.165, 1.54) is 31.0 Å². The minimum atomic E-state index is -1.11. The van der Waals surface area contributed by atoms with Gasteiger partial charge in [-0.2, -0.15) is 0 Å². The van der Waals surface area contributed by atoms with Crippen molar-refractivity contribution in [2.45, 2.75) is 56.8 Å². The Hall–Kier alpha value is -5.66. The number of benzene rings is 3. The van der Waals surface area contributed by atoms with Gasteiger partial charge in [0.1, 0.15) is 29.9 Å². The molecule has 5 amide bonds. The number of hydrogen-bond acceptors (Lipinski definition) is 7. The van der Waals surface area contributed by atoms with Crippen LogP contribution in [0.15, 0.2) is 71.7 Å². The largest absolute Gasteiger partial charge is 0.508 e. The smallest absolute Gasteiger partial charge is 0.245 e. The van der Waals surface area contributed by atoms with Crippen LogP contribution in [0, 0.1) is 0 Å². The fraction of sp³-hybridized carbons (Fsp3) is 0.353. The number of aliphatic imine (C=N–C) groups is 1. The van der Waals surface area contributed by atoms with Gasteiger partial charge in [0.25, 0.3) is 0 Å². The highest BCUT2D eigenvalue weighted by Crippen LogP contribution is 2.18. The van der Waals surface area contributed by atoms with E-state index in [0.717, 1.165) is 16.3 Å². The van der Waals surface area contributed by atoms with Crippen molar-refractivity contribution < 1.29 is 29.1 Å². The molecule has 1 aliphatic rings. The maximum absolute atomic E-state index is 13.7. The Morgan fingerprint density at radius 1 is 0.812 bits per heavy atom. The standard InChI is InChI=1S/C34H42N8O6/c1-20-30(45)40-26(8-5-15-37-34(35)36)32(47)41-27(18-22-9-12-23-6-3-4-7-24(23)16-22)31(46)38-19-29(44)39-28(33(48)42(20)2)17-21-10-13-25(43)14-11-21/h3-4,6-7,9-14,16,20,26-28,43H,5,8,15,17-19H2,1-2H3,(H,38,46)(H,39,44)(H,40,45)(H,41,47)(H4,35,36,37)/t20-,26+,27+,28-/m1/s1. The Bertz CT molecular complexity index is 1670. The number of rotatable bonds is 8. The third-order valence-electron chi connectivity index (χ3n) is 8.21. The molecule has 0 radical (unpaired) electrons. The minimum Gasteiger partial charge on any atom is -0.508 e. The molecule has 3 aromatic carbocycles. The van der Waals surface area contributed by atoms with E-state index in [1.807, 2.05) is 42.5 Å². The molecule has 4 atom stereocenters. The van der Waals surface area contributed by atoms with Crippen LogP contribution in [0.2, 0.25) is 0 Å². The fourth-order valence-corrected chi connectivity index (χ4v) is 5.36. The first-order chi connectivity index (χ1) is 22.9. The molecule has 48 heavy (non-hydrogen) atoms. The molecule has 4 rings (SSSR count). The summed E-state index contributed by atoms with van der Waals surface area (Å²) < 4.78 is 0. The SMILES string of the molecule is C[C@@H]1C(=O)N[C@@H](CCCN=C(N)N)C(=O)N[C@@H](Cc2ccc3ccccc3c2)C(=O)NCC(=O)N[C@H](Cc2ccc(O)cc2)C(=O)N1C. The van der Waals surface area contributed by atoms with Crippen molar-refractivity contribution >= 4 is 46.3 Å². The highest BCUT2D eigenvalue weighted by atomic mass is 16.3. The van der Waals surface area contributed by atoms with Gasteiger partial charge in [0, 0.05) is 26.4 Å². The number of nitrogens with one attached hydrogen (secondary N) is 4. The van der Waals surface area contributed by atoms with Gasteiger partial charge in [-0.15, -0.1) is 0 Å². The van der Waals surface area contributed by atoms with Gasteiger partial charge in [0.15, 0.2) is 5.96 Å². The monoisotopic (exact) mass is 658 g/mol. The molecule has 0 aliphatic carbocycles. The van der Waals surface area contributed by atoms with Gasteiger partial charge < -0.3 is 42.7 Å². The summed E-state index contributed by atoms with van der Waals surface area (Å²) in [5, 5.41) is 22.4. The van der Waals surface area contributed by atoms with E-state index in [-0.39, 0.29) is 37.5 Å². The second-order valence-corrected chi connectivity index (χ2v) is 11.8. The zero-order chi connectivity index (χ0) is 34.8. The summed E-state index contributed by atoms with van der Waals surface area (Å²) in [7, 11) is 1.43. The first-order valence-corrected chi connectivity index (χ1v) is 15.7. The van der Waals surface area contributed by atoms with Crippen LogP contribution in [0.25, 0.3) is 10.8 Å². The number of aromatic hydroxyl groups is 1. The van der Waals surface area contributed by atoms with Gasteiger partial charge in [0.05, 0.1) is 6.54 Å². The molecule has 0 spiro atoms. The van der Waals surface area contributed by atoms with Crippen LogP contribution in [0.3, 0.4) is 0 Å². The molecule has 1 fully saturated rings. The van der Waals surface area contributed by atoms with E-state index in [1.54, 1.807) is 12.1 Å². The van der Waals surface area contributed by atoms with Crippen LogP contribution >= 0.6 is 0 Å². The Morgan fingerprint density at radius 2 is 1.46 bits per heavy atom. The van der Waals surface area contributed by atoms with Crippen molar-refractivity contribution in [3.63, 3.8) is 0 Å². The van der Waals surface area contributed by atoms with Crippen LogP contribution in [0.4, 0.5) is 0 Å². The van der Waals surface area contributed by atoms with Crippen molar-refractivity contribution in [3.8, 4) is 5.75 Å². The molecular formula is C34H42N8O6. The average molecular weight is 659 g/mol. The van der Waals surface area contributed by atoms with Crippen LogP contribution in [0.1, 0.15) is 30.9 Å². The van der Waals surface area contributed by atoms with E-state index in [9.17, 15) is 29.1 Å². The average Bonchev–Trinajstić information content (AvgIpc) is 3.07. The van der Waals surface area contributed by atoms with E-state index >= 15 is 0 Å². The zero-order valence-electron chi connectivity index (χ0n) is 26.9. The van der Waals surface area contributed by atoms with Crippen molar-refractivity contribution in [1.29, 1.82) is 0 Å². The Balaban J connectivity index is 1.64. The number of guanidine groups is 1. The third kappa shape index (κ3) is 9.67. The van der Waals surface area contributed by atoms with Crippen LogP contribution in [-0.4, -0.2) is 89.8 Å². The highest BCUT2D eigenvalue weighted by molar-refractivity contribution is 5.97. The number of nitrogens with zero attached hydrogens (tertiary/aromatic N) is 2. The van der Waals surface area contributed by atoms with Gasteiger partial charge >= 0.3 is 0 Å². The summed E-state index contributed by atoms with van der Waals surface area (Å²) in [4.78, 5) is 72.7. The number of nitrogens with two attached hydrogens (primary N) is 2. The summed E-state index contributed by atoms with van der Waals surface area (Å²) in [5.74, 6) is -3.16. The van der Waals surface area contributed by atoms with Crippen molar-refractivity contribution in [2.24, 2.45) is 16.5 Å². The molecule has 0 saturated carbocycles. The minimum absolute atomic E-state index is 0.0376. The normalized spacial score (nSPS) is 21.3. The molecule has 14 nitrogen and oxygen atoms in total. The Morgan fingerprint density at radius 3 is 2.17 bits per heavy atom. The van der Waals surface area contributed by atoms with Gasteiger partial charge in [-0.1, -0.05) is 54.6 Å². The number of phenols is 1. The van der Waals surface area contributed by atoms with Crippen LogP contribution < -0.4 is 32.7 Å². The molecule has 0 bridgehead atoms. The lowest BCUT2D eigenvalue weighted by molar-refractivity contribution is -0.142. The molecule has 0 aromatic heterocycles. The molecule has 14 heteroatoms. The molecule has 254 valence electrons. The molecule has 1 heterocycles. The van der Waals surface area contributed by atoms with E-state index in [2.05, 4.69) is 26.3 Å². The van der Waals surface area contributed by atoms with Crippen LogP contribution in [0.5, 0.6) is 5.75 Å². The molecule has 1 saturated heterocycles. The van der Waals surface area contributed by atoms with E-state index < -0.39 is 60.2 Å². The molecule has 1 aliphatic heterocycles. The second kappa shape index (κ2) is 16.3. The zero-order valence-corrected chi connectivity index (χ0v) is 26.9. The quantitative estimate of drug-likeness (QED) is 0.0975. The second-order valence-electron chi connectivity index (χ2n) is 11.8. The topological polar surface area (TPSA) is 221 Å². The summed E-state index contributed by atoms with van der Waals surface area (Å²) in [6.07, 6.45) is 0.607. The number of hydrogen-bond donors (Lipinski definition) is 7. The predicted octanol–water partition coefficient (Wildman–Crippen LogP) is -0.185. The summed E-state index contributed by atoms with van der Waals surface area (Å²) in [6.45, 7) is 1.23. The summed E-state index contributed by atoms with van der Waals surface area (Å²) in [6, 6.07) is 15.2. The molecule has 0 unspecified atom stereocenters. The first-order valence-electron chi connectivity index (χ1n) is 15.7. The number of carbonyl (C=O) groups excluding carboxylic acids is 5. The van der Waals surface area contributed by atoms with Gasteiger partial charge in [0.2, 0.25) is 29.5 Å². The molecule has 9 N–H and O–H groups in total. The third-order valence-corrected chi connectivity index (χ3v) is 8.21.